The number of aliphatic hydroxyl groups excluding tert-OH is 2. The van der Waals surface area contributed by atoms with Crippen molar-refractivity contribution in [2.45, 2.75) is 32.4 Å². The molecule has 0 heterocycles. The van der Waals surface area contributed by atoms with Gasteiger partial charge in [-0.1, -0.05) is 30.7 Å². The van der Waals surface area contributed by atoms with E-state index >= 15 is 0 Å². The third-order valence-electron chi connectivity index (χ3n) is 3.14. The Morgan fingerprint density at radius 3 is 2.41 bits per heavy atom. The molecule has 0 fully saturated rings. The van der Waals surface area contributed by atoms with Crippen LogP contribution in [-0.2, 0) is 6.54 Å². The lowest BCUT2D eigenvalue weighted by Gasteiger charge is -2.30. The zero-order chi connectivity index (χ0) is 12.9. The molecule has 3 N–H and O–H groups in total. The molecule has 1 rings (SSSR count). The second-order valence-electron chi connectivity index (χ2n) is 4.40. The maximum Gasteiger partial charge on any atom is 0.0648 e. The summed E-state index contributed by atoms with van der Waals surface area (Å²) in [5.41, 5.74) is 1.45. The maximum atomic E-state index is 9.31. The fourth-order valence-corrected chi connectivity index (χ4v) is 1.89. The van der Waals surface area contributed by atoms with Gasteiger partial charge in [0.2, 0.25) is 0 Å². The summed E-state index contributed by atoms with van der Waals surface area (Å²) in [5, 5.41) is 22.5. The van der Waals surface area contributed by atoms with Gasteiger partial charge in [-0.2, -0.15) is 0 Å². The Morgan fingerprint density at radius 1 is 1.29 bits per heavy atom. The van der Waals surface area contributed by atoms with E-state index < -0.39 is 5.54 Å². The summed E-state index contributed by atoms with van der Waals surface area (Å²) in [4.78, 5) is 0. The normalized spacial score (nSPS) is 11.8. The largest absolute Gasteiger partial charge is 0.394 e. The summed E-state index contributed by atoms with van der Waals surface area (Å²) in [6.07, 6.45) is 0.656. The molecule has 0 atom stereocenters. The van der Waals surface area contributed by atoms with E-state index in [-0.39, 0.29) is 13.2 Å². The van der Waals surface area contributed by atoms with Crippen molar-refractivity contribution < 1.29 is 10.2 Å². The third kappa shape index (κ3) is 3.68. The van der Waals surface area contributed by atoms with Gasteiger partial charge in [-0.3, -0.25) is 0 Å². The van der Waals surface area contributed by atoms with E-state index in [0.29, 0.717) is 18.0 Å². The van der Waals surface area contributed by atoms with Crippen LogP contribution in [0.1, 0.15) is 24.5 Å². The number of hydrogen-bond acceptors (Lipinski definition) is 3. The van der Waals surface area contributed by atoms with Gasteiger partial charge in [0.25, 0.3) is 0 Å². The van der Waals surface area contributed by atoms with E-state index in [9.17, 15) is 10.2 Å². The van der Waals surface area contributed by atoms with Crippen LogP contribution in [0.5, 0.6) is 0 Å². The van der Waals surface area contributed by atoms with E-state index in [2.05, 4.69) is 5.32 Å². The highest BCUT2D eigenvalue weighted by atomic mass is 35.5. The minimum atomic E-state index is -0.631. The Balaban J connectivity index is 2.72. The average molecular weight is 258 g/mol. The zero-order valence-corrected chi connectivity index (χ0v) is 11.1. The van der Waals surface area contributed by atoms with Gasteiger partial charge in [-0.25, -0.2) is 0 Å². The van der Waals surface area contributed by atoms with Gasteiger partial charge < -0.3 is 15.5 Å². The summed E-state index contributed by atoms with van der Waals surface area (Å²) >= 11 is 6.12. The lowest BCUT2D eigenvalue weighted by Crippen LogP contribution is -2.50. The molecular weight excluding hydrogens is 238 g/mol. The molecule has 17 heavy (non-hydrogen) atoms. The molecule has 3 nitrogen and oxygen atoms in total. The number of halogens is 1. The second-order valence-corrected chi connectivity index (χ2v) is 4.81. The van der Waals surface area contributed by atoms with Gasteiger partial charge in [0.05, 0.1) is 18.8 Å². The zero-order valence-electron chi connectivity index (χ0n) is 10.3. The number of aryl methyl sites for hydroxylation is 1. The van der Waals surface area contributed by atoms with E-state index in [1.54, 1.807) is 0 Å². The number of benzene rings is 1. The fraction of sp³-hybridized carbons (Fsp3) is 0.538. The van der Waals surface area contributed by atoms with E-state index in [1.165, 1.54) is 0 Å². The molecule has 4 heteroatoms. The lowest BCUT2D eigenvalue weighted by atomic mass is 9.98. The average Bonchev–Trinajstić information content (AvgIpc) is 2.33. The van der Waals surface area contributed by atoms with Crippen molar-refractivity contribution in [3.63, 3.8) is 0 Å². The summed E-state index contributed by atoms with van der Waals surface area (Å²) < 4.78 is 0. The molecule has 0 saturated carbocycles. The smallest absolute Gasteiger partial charge is 0.0648 e. The summed E-state index contributed by atoms with van der Waals surface area (Å²) in [6, 6.07) is 5.86. The quantitative estimate of drug-likeness (QED) is 0.729. The summed E-state index contributed by atoms with van der Waals surface area (Å²) in [7, 11) is 0. The second kappa shape index (κ2) is 6.36. The highest BCUT2D eigenvalue weighted by Crippen LogP contribution is 2.19. The summed E-state index contributed by atoms with van der Waals surface area (Å²) in [5.74, 6) is 0. The Hall–Kier alpha value is -0.610. The van der Waals surface area contributed by atoms with Crippen LogP contribution in [0.4, 0.5) is 0 Å². The Morgan fingerprint density at radius 2 is 1.94 bits per heavy atom. The predicted molar refractivity (Wildman–Crippen MR) is 70.2 cm³/mol. The van der Waals surface area contributed by atoms with Crippen LogP contribution < -0.4 is 5.32 Å². The molecule has 0 saturated heterocycles. The van der Waals surface area contributed by atoms with Crippen molar-refractivity contribution in [2.24, 2.45) is 0 Å². The van der Waals surface area contributed by atoms with Crippen LogP contribution in [0.15, 0.2) is 18.2 Å². The Bertz CT molecular complexity index is 356. The lowest BCUT2D eigenvalue weighted by molar-refractivity contribution is 0.0864. The van der Waals surface area contributed by atoms with Crippen molar-refractivity contribution >= 4 is 11.6 Å². The van der Waals surface area contributed by atoms with Crippen LogP contribution in [0.3, 0.4) is 0 Å². The number of hydrogen-bond donors (Lipinski definition) is 3. The molecule has 0 radical (unpaired) electrons. The highest BCUT2D eigenvalue weighted by Gasteiger charge is 2.25. The van der Waals surface area contributed by atoms with Crippen molar-refractivity contribution in [3.8, 4) is 0 Å². The first-order valence-corrected chi connectivity index (χ1v) is 6.16. The first-order valence-electron chi connectivity index (χ1n) is 5.78. The molecule has 1 aromatic rings. The van der Waals surface area contributed by atoms with Crippen LogP contribution in [0, 0.1) is 6.92 Å². The molecule has 0 aliphatic heterocycles. The minimum absolute atomic E-state index is 0.0938. The molecule has 0 aromatic heterocycles. The Kier molecular flexibility index (Phi) is 5.40. The van der Waals surface area contributed by atoms with Gasteiger partial charge in [0, 0.05) is 11.6 Å². The molecule has 1 aromatic carbocycles. The van der Waals surface area contributed by atoms with Crippen LogP contribution in [-0.4, -0.2) is 29.0 Å². The highest BCUT2D eigenvalue weighted by molar-refractivity contribution is 6.31. The fourth-order valence-electron chi connectivity index (χ4n) is 1.59. The van der Waals surface area contributed by atoms with E-state index in [0.717, 1.165) is 11.1 Å². The standard InChI is InChI=1S/C13H20ClNO2/c1-3-13(8-16,9-17)15-7-11-5-4-10(2)6-12(11)14/h4-6,15-17H,3,7-9H2,1-2H3. The van der Waals surface area contributed by atoms with Crippen molar-refractivity contribution in [3.05, 3.63) is 34.3 Å². The first kappa shape index (κ1) is 14.5. The summed E-state index contributed by atoms with van der Waals surface area (Å²) in [6.45, 7) is 4.26. The monoisotopic (exact) mass is 257 g/mol. The molecular formula is C13H20ClNO2. The molecule has 0 bridgehead atoms. The molecule has 96 valence electrons. The van der Waals surface area contributed by atoms with Crippen molar-refractivity contribution in [2.75, 3.05) is 13.2 Å². The SMILES string of the molecule is CCC(CO)(CO)NCc1ccc(C)cc1Cl. The van der Waals surface area contributed by atoms with Gasteiger partial charge in [-0.05, 0) is 30.5 Å². The van der Waals surface area contributed by atoms with Gasteiger partial charge in [0.15, 0.2) is 0 Å². The minimum Gasteiger partial charge on any atom is -0.394 e. The first-order chi connectivity index (χ1) is 8.06. The van der Waals surface area contributed by atoms with Crippen LogP contribution in [0.25, 0.3) is 0 Å². The molecule has 0 aliphatic rings. The Labute approximate surface area is 107 Å². The van der Waals surface area contributed by atoms with Gasteiger partial charge in [-0.15, -0.1) is 0 Å². The van der Waals surface area contributed by atoms with Crippen LogP contribution >= 0.6 is 11.6 Å². The van der Waals surface area contributed by atoms with Crippen molar-refractivity contribution in [1.82, 2.24) is 5.32 Å². The molecule has 0 unspecified atom stereocenters. The number of rotatable bonds is 6. The molecule has 0 spiro atoms. The predicted octanol–water partition coefficient (Wildman–Crippen LogP) is 1.87. The number of nitrogens with one attached hydrogen (secondary N) is 1. The third-order valence-corrected chi connectivity index (χ3v) is 3.50. The van der Waals surface area contributed by atoms with Gasteiger partial charge in [0.1, 0.15) is 0 Å². The molecule has 0 amide bonds. The van der Waals surface area contributed by atoms with Crippen molar-refractivity contribution in [1.29, 1.82) is 0 Å². The topological polar surface area (TPSA) is 52.5 Å². The molecule has 0 aliphatic carbocycles. The van der Waals surface area contributed by atoms with E-state index in [4.69, 9.17) is 11.6 Å². The van der Waals surface area contributed by atoms with E-state index in [1.807, 2.05) is 32.0 Å². The van der Waals surface area contributed by atoms with Gasteiger partial charge >= 0.3 is 0 Å². The van der Waals surface area contributed by atoms with Crippen LogP contribution in [0.2, 0.25) is 5.02 Å². The maximum absolute atomic E-state index is 9.31. The number of aliphatic hydroxyl groups is 2.